The summed E-state index contributed by atoms with van der Waals surface area (Å²) in [6.45, 7) is 7.16. The normalized spacial score (nSPS) is 21.5. The quantitative estimate of drug-likeness (QED) is 0.865. The van der Waals surface area contributed by atoms with E-state index < -0.39 is 0 Å². The van der Waals surface area contributed by atoms with Crippen molar-refractivity contribution < 1.29 is 9.53 Å². The average molecular weight is 334 g/mol. The first-order valence-electron chi connectivity index (χ1n) is 9.38. The minimum atomic E-state index is -0.000780. The van der Waals surface area contributed by atoms with Crippen LogP contribution >= 0.6 is 0 Å². The van der Waals surface area contributed by atoms with E-state index in [2.05, 4.69) is 22.2 Å². The molecule has 0 aromatic carbocycles. The summed E-state index contributed by atoms with van der Waals surface area (Å²) < 4.78 is 7.33. The topological polar surface area (TPSA) is 59.4 Å². The number of ether oxygens (including phenoxy) is 1. The summed E-state index contributed by atoms with van der Waals surface area (Å²) >= 11 is 0. The summed E-state index contributed by atoms with van der Waals surface area (Å²) in [5, 5.41) is 7.47. The van der Waals surface area contributed by atoms with Crippen molar-refractivity contribution >= 4 is 5.91 Å². The molecule has 1 saturated heterocycles. The Labute approximate surface area is 144 Å². The maximum atomic E-state index is 12.7. The van der Waals surface area contributed by atoms with Crippen molar-refractivity contribution in [3.05, 3.63) is 18.0 Å². The van der Waals surface area contributed by atoms with E-state index in [4.69, 9.17) is 4.74 Å². The maximum absolute atomic E-state index is 12.7. The van der Waals surface area contributed by atoms with Crippen molar-refractivity contribution in [2.45, 2.75) is 57.5 Å². The number of hydrogen-bond donors (Lipinski definition) is 1. The molecule has 6 nitrogen and oxygen atoms in total. The van der Waals surface area contributed by atoms with Gasteiger partial charge < -0.3 is 10.1 Å². The van der Waals surface area contributed by atoms with Crippen molar-refractivity contribution in [1.82, 2.24) is 20.0 Å². The molecule has 0 bridgehead atoms. The molecule has 0 radical (unpaired) electrons. The van der Waals surface area contributed by atoms with Crippen LogP contribution in [0.1, 0.15) is 55.9 Å². The van der Waals surface area contributed by atoms with Crippen LogP contribution in [0.4, 0.5) is 0 Å². The van der Waals surface area contributed by atoms with Gasteiger partial charge in [0.1, 0.15) is 5.69 Å². The molecule has 2 fully saturated rings. The molecule has 0 unspecified atom stereocenters. The Hall–Kier alpha value is -1.40. The summed E-state index contributed by atoms with van der Waals surface area (Å²) in [4.78, 5) is 15.2. The van der Waals surface area contributed by atoms with Crippen molar-refractivity contribution in [3.8, 4) is 0 Å². The molecule has 134 valence electrons. The Morgan fingerprint density at radius 3 is 2.75 bits per heavy atom. The Morgan fingerprint density at radius 2 is 2.04 bits per heavy atom. The molecule has 2 aliphatic rings. The Morgan fingerprint density at radius 1 is 1.29 bits per heavy atom. The number of rotatable bonds is 6. The third kappa shape index (κ3) is 3.81. The number of carbonyl (C=O) groups excluding carboxylic acids is 1. The molecular formula is C18H30N4O2. The van der Waals surface area contributed by atoms with E-state index >= 15 is 0 Å². The van der Waals surface area contributed by atoms with Crippen LogP contribution < -0.4 is 5.32 Å². The largest absolute Gasteiger partial charge is 0.379 e. The third-order valence-electron chi connectivity index (χ3n) is 5.43. The molecule has 1 saturated carbocycles. The number of aryl methyl sites for hydroxylation is 1. The highest BCUT2D eigenvalue weighted by atomic mass is 16.5. The first kappa shape index (κ1) is 17.4. The lowest BCUT2D eigenvalue weighted by Gasteiger charge is -2.48. The molecule has 0 atom stereocenters. The molecule has 3 rings (SSSR count). The second-order valence-corrected chi connectivity index (χ2v) is 7.01. The number of nitrogens with zero attached hydrogens (tertiary/aromatic N) is 3. The van der Waals surface area contributed by atoms with Gasteiger partial charge in [0.15, 0.2) is 0 Å². The van der Waals surface area contributed by atoms with E-state index in [0.29, 0.717) is 5.69 Å². The van der Waals surface area contributed by atoms with Gasteiger partial charge in [0.2, 0.25) is 0 Å². The molecule has 24 heavy (non-hydrogen) atoms. The van der Waals surface area contributed by atoms with E-state index in [1.165, 1.54) is 32.1 Å². The molecule has 1 aromatic heterocycles. The number of carbonyl (C=O) groups is 1. The van der Waals surface area contributed by atoms with E-state index in [1.807, 2.05) is 6.07 Å². The van der Waals surface area contributed by atoms with Crippen LogP contribution in [0.2, 0.25) is 0 Å². The first-order valence-corrected chi connectivity index (χ1v) is 9.38. The van der Waals surface area contributed by atoms with E-state index in [9.17, 15) is 4.79 Å². The molecule has 1 aliphatic carbocycles. The SMILES string of the molecule is CCCn1nccc1C(=O)NCC1(N2CCOCC2)CCCCC1. The molecule has 0 spiro atoms. The van der Waals surface area contributed by atoms with Gasteiger partial charge in [-0.05, 0) is 25.3 Å². The number of morpholine rings is 1. The van der Waals surface area contributed by atoms with E-state index in [-0.39, 0.29) is 11.4 Å². The monoisotopic (exact) mass is 334 g/mol. The van der Waals surface area contributed by atoms with Gasteiger partial charge in [-0.25, -0.2) is 0 Å². The van der Waals surface area contributed by atoms with Crippen LogP contribution in [-0.2, 0) is 11.3 Å². The fraction of sp³-hybridized carbons (Fsp3) is 0.778. The average Bonchev–Trinajstić information content (AvgIpc) is 3.10. The zero-order valence-electron chi connectivity index (χ0n) is 14.8. The van der Waals surface area contributed by atoms with Crippen LogP contribution in [-0.4, -0.2) is 59.0 Å². The Kier molecular flexibility index (Phi) is 5.89. The molecule has 1 aromatic rings. The highest BCUT2D eigenvalue weighted by molar-refractivity contribution is 5.92. The molecule has 2 heterocycles. The first-order chi connectivity index (χ1) is 11.7. The van der Waals surface area contributed by atoms with Crippen molar-refractivity contribution in [2.24, 2.45) is 0 Å². The van der Waals surface area contributed by atoms with E-state index in [0.717, 1.165) is 45.8 Å². The van der Waals surface area contributed by atoms with Gasteiger partial charge in [-0.3, -0.25) is 14.4 Å². The van der Waals surface area contributed by atoms with Gasteiger partial charge in [-0.15, -0.1) is 0 Å². The fourth-order valence-corrected chi connectivity index (χ4v) is 4.10. The van der Waals surface area contributed by atoms with Gasteiger partial charge in [0.25, 0.3) is 5.91 Å². The number of amides is 1. The highest BCUT2D eigenvalue weighted by Gasteiger charge is 2.38. The summed E-state index contributed by atoms with van der Waals surface area (Å²) in [6.07, 6.45) is 8.83. The summed E-state index contributed by atoms with van der Waals surface area (Å²) in [5.74, 6) is -0.000780. The smallest absolute Gasteiger partial charge is 0.269 e. The minimum absolute atomic E-state index is 0.000780. The minimum Gasteiger partial charge on any atom is -0.379 e. The van der Waals surface area contributed by atoms with Crippen LogP contribution in [0.25, 0.3) is 0 Å². The second-order valence-electron chi connectivity index (χ2n) is 7.01. The lowest BCUT2D eigenvalue weighted by Crippen LogP contribution is -2.59. The predicted molar refractivity (Wildman–Crippen MR) is 93.1 cm³/mol. The van der Waals surface area contributed by atoms with E-state index in [1.54, 1.807) is 10.9 Å². The molecular weight excluding hydrogens is 304 g/mol. The number of aromatic nitrogens is 2. The van der Waals surface area contributed by atoms with Crippen molar-refractivity contribution in [1.29, 1.82) is 0 Å². The van der Waals surface area contributed by atoms with Gasteiger partial charge in [-0.2, -0.15) is 5.10 Å². The molecule has 1 aliphatic heterocycles. The standard InChI is InChI=1S/C18H30N4O2/c1-2-10-22-16(6-9-20-22)17(23)19-15-18(7-4-3-5-8-18)21-11-13-24-14-12-21/h6,9H,2-5,7-8,10-15H2,1H3,(H,19,23). The summed E-state index contributed by atoms with van der Waals surface area (Å²) in [5.41, 5.74) is 0.776. The van der Waals surface area contributed by atoms with Crippen LogP contribution in [0.5, 0.6) is 0 Å². The maximum Gasteiger partial charge on any atom is 0.269 e. The van der Waals surface area contributed by atoms with Crippen LogP contribution in [0, 0.1) is 0 Å². The van der Waals surface area contributed by atoms with Gasteiger partial charge >= 0.3 is 0 Å². The fourth-order valence-electron chi connectivity index (χ4n) is 4.10. The summed E-state index contributed by atoms with van der Waals surface area (Å²) in [7, 11) is 0. The van der Waals surface area contributed by atoms with Crippen LogP contribution in [0.15, 0.2) is 12.3 Å². The molecule has 1 N–H and O–H groups in total. The summed E-state index contributed by atoms with van der Waals surface area (Å²) in [6, 6.07) is 1.81. The zero-order valence-corrected chi connectivity index (χ0v) is 14.8. The molecule has 1 amide bonds. The van der Waals surface area contributed by atoms with Gasteiger partial charge in [-0.1, -0.05) is 26.2 Å². The van der Waals surface area contributed by atoms with Crippen molar-refractivity contribution in [3.63, 3.8) is 0 Å². The van der Waals surface area contributed by atoms with Gasteiger partial charge in [0.05, 0.1) is 13.2 Å². The predicted octanol–water partition coefficient (Wildman–Crippen LogP) is 2.06. The van der Waals surface area contributed by atoms with Crippen molar-refractivity contribution in [2.75, 3.05) is 32.8 Å². The number of hydrogen-bond acceptors (Lipinski definition) is 4. The Bertz CT molecular complexity index is 531. The lowest BCUT2D eigenvalue weighted by atomic mass is 9.79. The zero-order chi connectivity index (χ0) is 16.8. The highest BCUT2D eigenvalue weighted by Crippen LogP contribution is 2.33. The molecule has 6 heteroatoms. The number of nitrogens with one attached hydrogen (secondary N) is 1. The van der Waals surface area contributed by atoms with Gasteiger partial charge in [0, 0.05) is 37.9 Å². The third-order valence-corrected chi connectivity index (χ3v) is 5.43. The van der Waals surface area contributed by atoms with Crippen LogP contribution in [0.3, 0.4) is 0 Å². The Balaban J connectivity index is 1.66. The lowest BCUT2D eigenvalue weighted by molar-refractivity contribution is -0.0361. The second kappa shape index (κ2) is 8.12.